The summed E-state index contributed by atoms with van der Waals surface area (Å²) in [5, 5.41) is 12.5. The van der Waals surface area contributed by atoms with Crippen molar-refractivity contribution in [2.75, 3.05) is 0 Å². The lowest BCUT2D eigenvalue weighted by molar-refractivity contribution is -0.139. The molecule has 6 nitrogen and oxygen atoms in total. The molecule has 234 valence electrons. The highest BCUT2D eigenvalue weighted by Crippen LogP contribution is 2.37. The molecule has 5 rings (SSSR count). The summed E-state index contributed by atoms with van der Waals surface area (Å²) in [6, 6.07) is 22.7. The minimum absolute atomic E-state index is 0.0109. The molecular weight excluding hydrogens is 558 g/mol. The lowest BCUT2D eigenvalue weighted by Gasteiger charge is -2.28. The molecule has 0 aliphatic heterocycles. The van der Waals surface area contributed by atoms with E-state index in [1.807, 2.05) is 48.8 Å². The normalized spacial score (nSPS) is 17.4. The monoisotopic (exact) mass is 603 g/mol. The van der Waals surface area contributed by atoms with Crippen LogP contribution >= 0.6 is 0 Å². The molecule has 1 aliphatic rings. The van der Waals surface area contributed by atoms with Gasteiger partial charge < -0.3 is 10.4 Å². The summed E-state index contributed by atoms with van der Waals surface area (Å²) in [4.78, 5) is 34.1. The van der Waals surface area contributed by atoms with E-state index in [0.717, 1.165) is 40.2 Å². The van der Waals surface area contributed by atoms with Crippen molar-refractivity contribution in [2.24, 2.45) is 5.92 Å². The molecule has 4 aromatic rings. The van der Waals surface area contributed by atoms with Crippen molar-refractivity contribution in [3.8, 4) is 22.5 Å². The van der Waals surface area contributed by atoms with Gasteiger partial charge in [-0.3, -0.25) is 4.79 Å². The largest absolute Gasteiger partial charge is 0.480 e. The number of carboxylic acids is 1. The fourth-order valence-electron chi connectivity index (χ4n) is 6.22. The van der Waals surface area contributed by atoms with E-state index in [0.29, 0.717) is 17.3 Å². The lowest BCUT2D eigenvalue weighted by Crippen LogP contribution is -2.42. The van der Waals surface area contributed by atoms with E-state index >= 15 is 0 Å². The van der Waals surface area contributed by atoms with E-state index < -0.39 is 17.9 Å². The molecule has 1 aliphatic carbocycles. The number of carboxylic acid groups (broad SMARTS) is 1. The van der Waals surface area contributed by atoms with Gasteiger partial charge in [-0.05, 0) is 83.7 Å². The zero-order valence-electron chi connectivity index (χ0n) is 26.9. The van der Waals surface area contributed by atoms with E-state index in [1.54, 1.807) is 12.1 Å². The van der Waals surface area contributed by atoms with Crippen LogP contribution in [0.4, 0.5) is 0 Å². The summed E-state index contributed by atoms with van der Waals surface area (Å²) >= 11 is 0. The number of aromatic nitrogens is 2. The third-order valence-electron chi connectivity index (χ3n) is 9.86. The van der Waals surface area contributed by atoms with Crippen LogP contribution in [0.2, 0.25) is 0 Å². The molecule has 0 spiro atoms. The predicted octanol–water partition coefficient (Wildman–Crippen LogP) is 8.61. The van der Waals surface area contributed by atoms with Crippen molar-refractivity contribution in [2.45, 2.75) is 90.0 Å². The Kier molecular flexibility index (Phi) is 10.1. The van der Waals surface area contributed by atoms with Crippen molar-refractivity contribution in [1.82, 2.24) is 15.3 Å². The van der Waals surface area contributed by atoms with Gasteiger partial charge in [-0.2, -0.15) is 0 Å². The fraction of sp³-hybridized carbons (Fsp3) is 0.385. The number of nitrogens with one attached hydrogen (secondary N) is 1. The second-order valence-corrected chi connectivity index (χ2v) is 13.1. The smallest absolute Gasteiger partial charge is 0.326 e. The number of nitrogens with zero attached hydrogens (tertiary/aromatic N) is 2. The van der Waals surface area contributed by atoms with Gasteiger partial charge in [-0.25, -0.2) is 14.8 Å². The van der Waals surface area contributed by atoms with Crippen LogP contribution in [0.25, 0.3) is 22.5 Å². The van der Waals surface area contributed by atoms with Crippen LogP contribution in [0.1, 0.15) is 99.2 Å². The molecule has 1 aromatic heterocycles. The highest BCUT2D eigenvalue weighted by molar-refractivity contribution is 5.96. The lowest BCUT2D eigenvalue weighted by atomic mass is 9.78. The molecule has 1 fully saturated rings. The summed E-state index contributed by atoms with van der Waals surface area (Å²) in [7, 11) is 0. The maximum Gasteiger partial charge on any atom is 0.326 e. The Balaban J connectivity index is 1.19. The van der Waals surface area contributed by atoms with E-state index in [1.165, 1.54) is 37.7 Å². The molecule has 1 saturated carbocycles. The van der Waals surface area contributed by atoms with Gasteiger partial charge in [0.05, 0.1) is 0 Å². The average Bonchev–Trinajstić information content (AvgIpc) is 3.08. The second-order valence-electron chi connectivity index (χ2n) is 13.1. The van der Waals surface area contributed by atoms with Crippen LogP contribution in [-0.2, 0) is 16.6 Å². The molecule has 1 atom stereocenters. The summed E-state index contributed by atoms with van der Waals surface area (Å²) in [5.41, 5.74) is 6.74. The molecule has 6 heteroatoms. The molecule has 0 saturated heterocycles. The molecule has 2 N–H and O–H groups in total. The maximum atomic E-state index is 12.9. The number of carbonyl (C=O) groups is 2. The third-order valence-corrected chi connectivity index (χ3v) is 9.86. The van der Waals surface area contributed by atoms with Crippen molar-refractivity contribution in [3.05, 3.63) is 107 Å². The van der Waals surface area contributed by atoms with Crippen LogP contribution < -0.4 is 5.32 Å². The SMILES string of the molecule is CCC1CCC(c2ccc(-c3cnc(-c4ccc(C[C@H](NC(=O)c5ccc(C(C)(C)CC)cc5)C(=O)O)cc4)nc3)cc2)CC1. The van der Waals surface area contributed by atoms with Gasteiger partial charge in [0.1, 0.15) is 6.04 Å². The number of carbonyl (C=O) groups excluding carboxylic acids is 1. The molecule has 0 unspecified atom stereocenters. The molecule has 0 bridgehead atoms. The van der Waals surface area contributed by atoms with E-state index in [4.69, 9.17) is 0 Å². The Morgan fingerprint density at radius 2 is 1.42 bits per heavy atom. The first-order valence-electron chi connectivity index (χ1n) is 16.3. The van der Waals surface area contributed by atoms with Gasteiger partial charge in [0.15, 0.2) is 5.82 Å². The van der Waals surface area contributed by atoms with Gasteiger partial charge in [0.25, 0.3) is 5.91 Å². The zero-order chi connectivity index (χ0) is 32.0. The standard InChI is InChI=1S/C39H45N3O3/c1-5-26-7-11-28(12-8-26)29-15-17-30(18-16-29)33-24-40-36(41-25-33)31-13-9-27(10-14-31)23-35(38(44)45)42-37(43)32-19-21-34(22-20-32)39(3,4)6-2/h9-10,13-22,24-26,28,35H,5-8,11-12,23H2,1-4H3,(H,42,43)(H,44,45)/t26?,28?,35-/m0/s1. The zero-order valence-corrected chi connectivity index (χ0v) is 26.9. The van der Waals surface area contributed by atoms with Gasteiger partial charge >= 0.3 is 5.97 Å². The van der Waals surface area contributed by atoms with Gasteiger partial charge in [-0.15, -0.1) is 0 Å². The first kappa shape index (κ1) is 32.1. The van der Waals surface area contributed by atoms with Gasteiger partial charge in [0, 0.05) is 35.5 Å². The number of amides is 1. The van der Waals surface area contributed by atoms with Crippen LogP contribution in [-0.4, -0.2) is 33.0 Å². The Morgan fingerprint density at radius 3 is 1.98 bits per heavy atom. The molecule has 1 amide bonds. The molecule has 45 heavy (non-hydrogen) atoms. The van der Waals surface area contributed by atoms with Crippen molar-refractivity contribution in [1.29, 1.82) is 0 Å². The number of hydrogen-bond acceptors (Lipinski definition) is 4. The maximum absolute atomic E-state index is 12.9. The van der Waals surface area contributed by atoms with Gasteiger partial charge in [0.2, 0.25) is 0 Å². The Labute approximate surface area is 267 Å². The Hall–Kier alpha value is -4.32. The minimum Gasteiger partial charge on any atom is -0.480 e. The first-order chi connectivity index (χ1) is 21.7. The average molecular weight is 604 g/mol. The third kappa shape index (κ3) is 7.86. The summed E-state index contributed by atoms with van der Waals surface area (Å²) in [6.45, 7) is 8.75. The second kappa shape index (κ2) is 14.2. The highest BCUT2D eigenvalue weighted by atomic mass is 16.4. The molecule has 1 heterocycles. The number of benzene rings is 3. The summed E-state index contributed by atoms with van der Waals surface area (Å²) < 4.78 is 0. The van der Waals surface area contributed by atoms with Gasteiger partial charge in [-0.1, -0.05) is 94.8 Å². The Morgan fingerprint density at radius 1 is 0.822 bits per heavy atom. The fourth-order valence-corrected chi connectivity index (χ4v) is 6.22. The van der Waals surface area contributed by atoms with Crippen LogP contribution in [0.15, 0.2) is 85.2 Å². The van der Waals surface area contributed by atoms with Crippen LogP contribution in [0.5, 0.6) is 0 Å². The Bertz CT molecular complexity index is 1570. The molecular formula is C39H45N3O3. The van der Waals surface area contributed by atoms with Crippen molar-refractivity contribution in [3.63, 3.8) is 0 Å². The number of rotatable bonds is 11. The number of aliphatic carboxylic acids is 1. The highest BCUT2D eigenvalue weighted by Gasteiger charge is 2.23. The summed E-state index contributed by atoms with van der Waals surface area (Å²) in [5.74, 6) is 0.691. The van der Waals surface area contributed by atoms with Crippen LogP contribution in [0.3, 0.4) is 0 Å². The molecule has 0 radical (unpaired) electrons. The van der Waals surface area contributed by atoms with E-state index in [2.05, 4.69) is 67.2 Å². The van der Waals surface area contributed by atoms with Crippen molar-refractivity contribution >= 4 is 11.9 Å². The summed E-state index contributed by atoms with van der Waals surface area (Å²) in [6.07, 6.45) is 11.4. The minimum atomic E-state index is -1.08. The number of hydrogen-bond donors (Lipinski definition) is 2. The predicted molar refractivity (Wildman–Crippen MR) is 180 cm³/mol. The van der Waals surface area contributed by atoms with E-state index in [9.17, 15) is 14.7 Å². The quantitative estimate of drug-likeness (QED) is 0.179. The van der Waals surface area contributed by atoms with Crippen molar-refractivity contribution < 1.29 is 14.7 Å². The molecule has 3 aromatic carbocycles. The van der Waals surface area contributed by atoms with Crippen LogP contribution in [0, 0.1) is 5.92 Å². The topological polar surface area (TPSA) is 92.2 Å². The first-order valence-corrected chi connectivity index (χ1v) is 16.3. The van der Waals surface area contributed by atoms with E-state index in [-0.39, 0.29) is 11.8 Å².